The molecule has 0 unspecified atom stereocenters. The van der Waals surface area contributed by atoms with Gasteiger partial charge in [-0.15, -0.1) is 0 Å². The van der Waals surface area contributed by atoms with Crippen LogP contribution in [0.25, 0.3) is 0 Å². The molecule has 6 heteroatoms. The second-order valence-corrected chi connectivity index (χ2v) is 6.84. The summed E-state index contributed by atoms with van der Waals surface area (Å²) in [5, 5.41) is 0. The first kappa shape index (κ1) is 14.1. The fourth-order valence-corrected chi connectivity index (χ4v) is 4.12. The minimum absolute atomic E-state index is 0.0798. The maximum Gasteiger partial charge on any atom is 0.246 e. The first-order valence-electron chi connectivity index (χ1n) is 6.38. The normalized spacial score (nSPS) is 17.0. The molecule has 1 fully saturated rings. The number of hydrogen-bond acceptors (Lipinski definition) is 4. The van der Waals surface area contributed by atoms with Gasteiger partial charge in [-0.25, -0.2) is 8.42 Å². The van der Waals surface area contributed by atoms with Gasteiger partial charge in [0, 0.05) is 18.8 Å². The van der Waals surface area contributed by atoms with Gasteiger partial charge in [-0.1, -0.05) is 12.8 Å². The molecule has 1 aliphatic carbocycles. The Morgan fingerprint density at radius 3 is 2.53 bits per heavy atom. The van der Waals surface area contributed by atoms with Gasteiger partial charge in [0.2, 0.25) is 10.0 Å². The summed E-state index contributed by atoms with van der Waals surface area (Å²) in [6, 6.07) is 4.76. The zero-order valence-electron chi connectivity index (χ0n) is 11.3. The lowest BCUT2D eigenvalue weighted by molar-refractivity contribution is 0.365. The largest absolute Gasteiger partial charge is 0.495 e. The highest BCUT2D eigenvalue weighted by molar-refractivity contribution is 7.89. The van der Waals surface area contributed by atoms with Gasteiger partial charge in [0.25, 0.3) is 0 Å². The number of anilines is 1. The fraction of sp³-hybridized carbons (Fsp3) is 0.538. The molecule has 0 saturated heterocycles. The van der Waals surface area contributed by atoms with Crippen molar-refractivity contribution in [1.29, 1.82) is 0 Å². The monoisotopic (exact) mass is 284 g/mol. The minimum atomic E-state index is -3.56. The van der Waals surface area contributed by atoms with E-state index < -0.39 is 10.0 Å². The van der Waals surface area contributed by atoms with Gasteiger partial charge < -0.3 is 10.5 Å². The minimum Gasteiger partial charge on any atom is -0.495 e. The van der Waals surface area contributed by atoms with Crippen LogP contribution in [0.1, 0.15) is 25.7 Å². The van der Waals surface area contributed by atoms with E-state index in [9.17, 15) is 8.42 Å². The molecule has 1 aromatic carbocycles. The molecule has 0 heterocycles. The summed E-state index contributed by atoms with van der Waals surface area (Å²) in [7, 11) is -0.468. The number of nitrogens with zero attached hydrogens (tertiary/aromatic N) is 1. The summed E-state index contributed by atoms with van der Waals surface area (Å²) in [4.78, 5) is 0.143. The smallest absolute Gasteiger partial charge is 0.246 e. The van der Waals surface area contributed by atoms with Crippen molar-refractivity contribution in [3.05, 3.63) is 18.2 Å². The third-order valence-corrected chi connectivity index (χ3v) is 5.61. The Balaban J connectivity index is 2.40. The van der Waals surface area contributed by atoms with Crippen LogP contribution >= 0.6 is 0 Å². The SMILES string of the molecule is COc1ccc(N)cc1S(=O)(=O)N(C)C1CCCC1. The van der Waals surface area contributed by atoms with Crippen molar-refractivity contribution in [2.75, 3.05) is 19.9 Å². The van der Waals surface area contributed by atoms with E-state index in [2.05, 4.69) is 0 Å². The summed E-state index contributed by atoms with van der Waals surface area (Å²) in [5.74, 6) is 0.332. The molecule has 0 spiro atoms. The maximum absolute atomic E-state index is 12.6. The van der Waals surface area contributed by atoms with Crippen LogP contribution in [0, 0.1) is 0 Å². The van der Waals surface area contributed by atoms with Crippen LogP contribution < -0.4 is 10.5 Å². The molecular weight excluding hydrogens is 264 g/mol. The van der Waals surface area contributed by atoms with Crippen LogP contribution in [0.15, 0.2) is 23.1 Å². The molecule has 0 amide bonds. The van der Waals surface area contributed by atoms with Gasteiger partial charge in [0.1, 0.15) is 10.6 Å². The molecule has 2 rings (SSSR count). The highest BCUT2D eigenvalue weighted by Gasteiger charge is 2.32. The molecule has 5 nitrogen and oxygen atoms in total. The maximum atomic E-state index is 12.6. The summed E-state index contributed by atoms with van der Waals surface area (Å²) in [6.45, 7) is 0. The molecule has 1 saturated carbocycles. The Bertz CT molecular complexity index is 551. The number of nitrogens with two attached hydrogens (primary N) is 1. The highest BCUT2D eigenvalue weighted by Crippen LogP contribution is 2.32. The Morgan fingerprint density at radius 1 is 1.32 bits per heavy atom. The molecule has 106 valence electrons. The van der Waals surface area contributed by atoms with E-state index in [1.165, 1.54) is 17.5 Å². The van der Waals surface area contributed by atoms with Crippen LogP contribution in [-0.2, 0) is 10.0 Å². The zero-order valence-corrected chi connectivity index (χ0v) is 12.1. The molecule has 0 bridgehead atoms. The van der Waals surface area contributed by atoms with Crippen LogP contribution in [0.2, 0.25) is 0 Å². The number of ether oxygens (including phenoxy) is 1. The van der Waals surface area contributed by atoms with Gasteiger partial charge in [-0.05, 0) is 31.0 Å². The second-order valence-electron chi connectivity index (χ2n) is 4.87. The van der Waals surface area contributed by atoms with Crippen molar-refractivity contribution in [2.24, 2.45) is 0 Å². The van der Waals surface area contributed by atoms with Gasteiger partial charge in [-0.2, -0.15) is 4.31 Å². The van der Waals surface area contributed by atoms with Crippen LogP contribution in [0.4, 0.5) is 5.69 Å². The lowest BCUT2D eigenvalue weighted by atomic mass is 10.3. The molecular formula is C13H20N2O3S. The molecule has 0 aromatic heterocycles. The van der Waals surface area contributed by atoms with Gasteiger partial charge in [0.05, 0.1) is 7.11 Å². The summed E-state index contributed by atoms with van der Waals surface area (Å²) in [5.41, 5.74) is 6.11. The Labute approximate surface area is 114 Å². The highest BCUT2D eigenvalue weighted by atomic mass is 32.2. The first-order chi connectivity index (χ1) is 8.96. The number of rotatable bonds is 4. The standard InChI is InChI=1S/C13H20N2O3S/c1-15(11-5-3-4-6-11)19(16,17)13-9-10(14)7-8-12(13)18-2/h7-9,11H,3-6,14H2,1-2H3. The van der Waals surface area contributed by atoms with E-state index in [1.54, 1.807) is 19.2 Å². The average Bonchev–Trinajstić information content (AvgIpc) is 2.91. The van der Waals surface area contributed by atoms with Crippen molar-refractivity contribution in [2.45, 2.75) is 36.6 Å². The van der Waals surface area contributed by atoms with Crippen molar-refractivity contribution >= 4 is 15.7 Å². The van der Waals surface area contributed by atoms with E-state index in [-0.39, 0.29) is 10.9 Å². The molecule has 2 N–H and O–H groups in total. The van der Waals surface area contributed by atoms with Gasteiger partial charge in [-0.3, -0.25) is 0 Å². The molecule has 1 aliphatic rings. The van der Waals surface area contributed by atoms with Crippen molar-refractivity contribution in [1.82, 2.24) is 4.31 Å². The Morgan fingerprint density at radius 2 is 1.95 bits per heavy atom. The zero-order chi connectivity index (χ0) is 14.0. The number of methoxy groups -OCH3 is 1. The lowest BCUT2D eigenvalue weighted by Gasteiger charge is -2.24. The fourth-order valence-electron chi connectivity index (χ4n) is 2.51. The topological polar surface area (TPSA) is 72.6 Å². The summed E-state index contributed by atoms with van der Waals surface area (Å²) >= 11 is 0. The van der Waals surface area contributed by atoms with Crippen molar-refractivity contribution in [3.8, 4) is 5.75 Å². The third-order valence-electron chi connectivity index (χ3n) is 3.68. The van der Waals surface area contributed by atoms with E-state index >= 15 is 0 Å². The van der Waals surface area contributed by atoms with Crippen molar-refractivity contribution in [3.63, 3.8) is 0 Å². The van der Waals surface area contributed by atoms with E-state index in [1.807, 2.05) is 0 Å². The Hall–Kier alpha value is -1.27. The summed E-state index contributed by atoms with van der Waals surface area (Å²) < 4.78 is 31.9. The predicted molar refractivity (Wildman–Crippen MR) is 74.6 cm³/mol. The lowest BCUT2D eigenvalue weighted by Crippen LogP contribution is -2.35. The number of benzene rings is 1. The quantitative estimate of drug-likeness (QED) is 0.856. The second kappa shape index (κ2) is 5.38. The van der Waals surface area contributed by atoms with Gasteiger partial charge >= 0.3 is 0 Å². The molecule has 0 radical (unpaired) electrons. The van der Waals surface area contributed by atoms with E-state index in [0.29, 0.717) is 11.4 Å². The van der Waals surface area contributed by atoms with Crippen LogP contribution in [0.3, 0.4) is 0 Å². The number of nitrogen functional groups attached to an aromatic ring is 1. The molecule has 1 aromatic rings. The number of sulfonamides is 1. The first-order valence-corrected chi connectivity index (χ1v) is 7.82. The van der Waals surface area contributed by atoms with Crippen molar-refractivity contribution < 1.29 is 13.2 Å². The van der Waals surface area contributed by atoms with E-state index in [4.69, 9.17) is 10.5 Å². The molecule has 19 heavy (non-hydrogen) atoms. The van der Waals surface area contributed by atoms with Crippen LogP contribution in [-0.4, -0.2) is 32.9 Å². The number of hydrogen-bond donors (Lipinski definition) is 1. The van der Waals surface area contributed by atoms with Gasteiger partial charge in [0.15, 0.2) is 0 Å². The third kappa shape index (κ3) is 2.69. The predicted octanol–water partition coefficient (Wildman–Crippen LogP) is 1.84. The molecule has 0 atom stereocenters. The van der Waals surface area contributed by atoms with E-state index in [0.717, 1.165) is 25.7 Å². The average molecular weight is 284 g/mol. The van der Waals surface area contributed by atoms with Crippen LogP contribution in [0.5, 0.6) is 5.75 Å². The summed E-state index contributed by atoms with van der Waals surface area (Å²) in [6.07, 6.45) is 4.00. The molecule has 0 aliphatic heterocycles. The Kier molecular flexibility index (Phi) is 4.01.